The van der Waals surface area contributed by atoms with E-state index in [0.29, 0.717) is 5.75 Å². The van der Waals surface area contributed by atoms with E-state index in [1.54, 1.807) is 12.3 Å². The summed E-state index contributed by atoms with van der Waals surface area (Å²) in [6, 6.07) is 15.7. The van der Waals surface area contributed by atoms with Crippen molar-refractivity contribution in [1.82, 2.24) is 9.78 Å². The van der Waals surface area contributed by atoms with E-state index in [4.69, 9.17) is 0 Å². The van der Waals surface area contributed by atoms with Crippen molar-refractivity contribution in [3.05, 3.63) is 72.1 Å². The van der Waals surface area contributed by atoms with Crippen LogP contribution in [0.25, 0.3) is 27.6 Å². The number of rotatable bonds is 4. The van der Waals surface area contributed by atoms with Gasteiger partial charge in [0.25, 0.3) is 0 Å². The summed E-state index contributed by atoms with van der Waals surface area (Å²) in [5.74, 6) is 0.950. The average Bonchev–Trinajstić information content (AvgIpc) is 3.22. The first kappa shape index (κ1) is 19.1. The molecule has 2 N–H and O–H groups in total. The molecule has 4 heteroatoms. The Kier molecular flexibility index (Phi) is 4.79. The van der Waals surface area contributed by atoms with Crippen molar-refractivity contribution in [2.45, 2.75) is 39.5 Å². The smallest absolute Gasteiger partial charge is 0.124 e. The SMILES string of the molecule is CC(C)c1cc(-c2c(O)ccc3cc(-n4cccn4)ccc23)cc(C(C)C)c1O. The fourth-order valence-electron chi connectivity index (χ4n) is 3.88. The van der Waals surface area contributed by atoms with Crippen molar-refractivity contribution in [2.24, 2.45) is 0 Å². The Morgan fingerprint density at radius 2 is 1.55 bits per heavy atom. The highest BCUT2D eigenvalue weighted by Crippen LogP contribution is 2.42. The van der Waals surface area contributed by atoms with E-state index in [1.807, 2.05) is 47.3 Å². The van der Waals surface area contributed by atoms with E-state index in [2.05, 4.69) is 38.9 Å². The summed E-state index contributed by atoms with van der Waals surface area (Å²) >= 11 is 0. The summed E-state index contributed by atoms with van der Waals surface area (Å²) in [5, 5.41) is 27.8. The average molecular weight is 386 g/mol. The lowest BCUT2D eigenvalue weighted by Gasteiger charge is -2.19. The molecule has 4 nitrogen and oxygen atoms in total. The molecule has 148 valence electrons. The lowest BCUT2D eigenvalue weighted by atomic mass is 9.88. The van der Waals surface area contributed by atoms with Gasteiger partial charge in [0.05, 0.1) is 5.69 Å². The van der Waals surface area contributed by atoms with E-state index in [9.17, 15) is 10.2 Å². The highest BCUT2D eigenvalue weighted by atomic mass is 16.3. The number of nitrogens with zero attached hydrogens (tertiary/aromatic N) is 2. The molecule has 0 saturated heterocycles. The Morgan fingerprint density at radius 1 is 0.862 bits per heavy atom. The van der Waals surface area contributed by atoms with E-state index < -0.39 is 0 Å². The third-order valence-corrected chi connectivity index (χ3v) is 5.45. The molecule has 0 aliphatic heterocycles. The number of phenols is 2. The van der Waals surface area contributed by atoms with Gasteiger partial charge in [-0.25, -0.2) is 4.68 Å². The van der Waals surface area contributed by atoms with Gasteiger partial charge in [0, 0.05) is 18.0 Å². The standard InChI is InChI=1S/C25H26N2O2/c1-15(2)21-13-18(14-22(16(3)4)25(21)29)24-20-8-7-19(27-11-5-10-26-27)12-17(20)6-9-23(24)28/h5-16,28-29H,1-4H3. The second-order valence-corrected chi connectivity index (χ2v) is 8.13. The molecule has 0 spiro atoms. The third-order valence-electron chi connectivity index (χ3n) is 5.45. The van der Waals surface area contributed by atoms with Crippen molar-refractivity contribution < 1.29 is 10.2 Å². The fraction of sp³-hybridized carbons (Fsp3) is 0.240. The van der Waals surface area contributed by atoms with Crippen LogP contribution in [0.15, 0.2) is 60.9 Å². The van der Waals surface area contributed by atoms with E-state index in [1.165, 1.54) is 0 Å². The van der Waals surface area contributed by atoms with Crippen LogP contribution in [0.1, 0.15) is 50.7 Å². The summed E-state index contributed by atoms with van der Waals surface area (Å²) in [6.45, 7) is 8.29. The second kappa shape index (κ2) is 7.28. The number of aromatic hydroxyl groups is 2. The number of fused-ring (bicyclic) bond motifs is 1. The zero-order valence-electron chi connectivity index (χ0n) is 17.2. The molecule has 1 heterocycles. The molecule has 0 aliphatic carbocycles. The Labute approximate surface area is 171 Å². The van der Waals surface area contributed by atoms with Gasteiger partial charge in [-0.1, -0.05) is 39.8 Å². The van der Waals surface area contributed by atoms with E-state index in [0.717, 1.165) is 38.7 Å². The van der Waals surface area contributed by atoms with Gasteiger partial charge in [0.15, 0.2) is 0 Å². The van der Waals surface area contributed by atoms with Gasteiger partial charge in [0.1, 0.15) is 11.5 Å². The molecule has 0 bridgehead atoms. The summed E-state index contributed by atoms with van der Waals surface area (Å²) < 4.78 is 1.82. The summed E-state index contributed by atoms with van der Waals surface area (Å²) in [5.41, 5.74) is 4.48. The van der Waals surface area contributed by atoms with Crippen molar-refractivity contribution in [1.29, 1.82) is 0 Å². The quantitative estimate of drug-likeness (QED) is 0.429. The van der Waals surface area contributed by atoms with Crippen LogP contribution >= 0.6 is 0 Å². The molecule has 4 rings (SSSR count). The predicted molar refractivity (Wildman–Crippen MR) is 118 cm³/mol. The maximum Gasteiger partial charge on any atom is 0.124 e. The van der Waals surface area contributed by atoms with Gasteiger partial charge in [-0.2, -0.15) is 5.10 Å². The summed E-state index contributed by atoms with van der Waals surface area (Å²) in [7, 11) is 0. The van der Waals surface area contributed by atoms with Crippen LogP contribution in [0, 0.1) is 0 Å². The van der Waals surface area contributed by atoms with Gasteiger partial charge in [-0.15, -0.1) is 0 Å². The molecule has 0 unspecified atom stereocenters. The lowest BCUT2D eigenvalue weighted by molar-refractivity contribution is 0.454. The van der Waals surface area contributed by atoms with E-state index >= 15 is 0 Å². The third kappa shape index (κ3) is 3.35. The number of hydrogen-bond donors (Lipinski definition) is 2. The Hall–Kier alpha value is -3.27. The van der Waals surface area contributed by atoms with Crippen LogP contribution in [-0.4, -0.2) is 20.0 Å². The van der Waals surface area contributed by atoms with E-state index in [-0.39, 0.29) is 17.6 Å². The molecule has 1 aromatic heterocycles. The maximum absolute atomic E-state index is 10.8. The van der Waals surface area contributed by atoms with Crippen LogP contribution in [0.2, 0.25) is 0 Å². The monoisotopic (exact) mass is 386 g/mol. The van der Waals surface area contributed by atoms with Gasteiger partial charge in [-0.3, -0.25) is 0 Å². The molecule has 0 amide bonds. The summed E-state index contributed by atoms with van der Waals surface area (Å²) in [6.07, 6.45) is 3.66. The minimum atomic E-state index is 0.177. The van der Waals surface area contributed by atoms with Gasteiger partial charge in [-0.05, 0) is 75.7 Å². The Balaban J connectivity index is 1.97. The first-order chi connectivity index (χ1) is 13.9. The fourth-order valence-corrected chi connectivity index (χ4v) is 3.88. The van der Waals surface area contributed by atoms with Crippen molar-refractivity contribution in [3.8, 4) is 28.3 Å². The molecule has 0 radical (unpaired) electrons. The zero-order valence-corrected chi connectivity index (χ0v) is 17.2. The molecule has 0 fully saturated rings. The number of hydrogen-bond acceptors (Lipinski definition) is 3. The van der Waals surface area contributed by atoms with Crippen LogP contribution < -0.4 is 0 Å². The topological polar surface area (TPSA) is 58.3 Å². The van der Waals surface area contributed by atoms with Crippen molar-refractivity contribution >= 4 is 10.8 Å². The first-order valence-corrected chi connectivity index (χ1v) is 9.99. The molecule has 0 aliphatic rings. The molecular weight excluding hydrogens is 360 g/mol. The van der Waals surface area contributed by atoms with Crippen LogP contribution in [0.5, 0.6) is 11.5 Å². The molecule has 4 aromatic rings. The van der Waals surface area contributed by atoms with Crippen molar-refractivity contribution in [3.63, 3.8) is 0 Å². The Bertz CT molecular complexity index is 1150. The number of aromatic nitrogens is 2. The highest BCUT2D eigenvalue weighted by Gasteiger charge is 2.18. The first-order valence-electron chi connectivity index (χ1n) is 9.99. The molecular formula is C25H26N2O2. The predicted octanol–water partition coefficient (Wildman–Crippen LogP) is 6.35. The Morgan fingerprint density at radius 3 is 2.14 bits per heavy atom. The van der Waals surface area contributed by atoms with Gasteiger partial charge < -0.3 is 10.2 Å². The lowest BCUT2D eigenvalue weighted by Crippen LogP contribution is -1.98. The molecule has 29 heavy (non-hydrogen) atoms. The second-order valence-electron chi connectivity index (χ2n) is 8.13. The normalized spacial score (nSPS) is 11.7. The van der Waals surface area contributed by atoms with Gasteiger partial charge in [0.2, 0.25) is 0 Å². The molecule has 0 atom stereocenters. The van der Waals surface area contributed by atoms with Gasteiger partial charge >= 0.3 is 0 Å². The minimum Gasteiger partial charge on any atom is -0.507 e. The maximum atomic E-state index is 10.8. The zero-order chi connectivity index (χ0) is 20.7. The molecule has 0 saturated carbocycles. The van der Waals surface area contributed by atoms with Crippen LogP contribution in [0.3, 0.4) is 0 Å². The minimum absolute atomic E-state index is 0.177. The van der Waals surface area contributed by atoms with Crippen LogP contribution in [-0.2, 0) is 0 Å². The largest absolute Gasteiger partial charge is 0.507 e. The number of benzene rings is 3. The highest BCUT2D eigenvalue weighted by molar-refractivity contribution is 6.00. The molecule has 3 aromatic carbocycles. The summed E-state index contributed by atoms with van der Waals surface area (Å²) in [4.78, 5) is 0. The van der Waals surface area contributed by atoms with Crippen molar-refractivity contribution in [2.75, 3.05) is 0 Å². The van der Waals surface area contributed by atoms with Crippen LogP contribution in [0.4, 0.5) is 0 Å². The number of phenolic OH excluding ortho intramolecular Hbond substituents is 2.